The minimum Gasteiger partial charge on any atom is -0.426 e. The number of hydrogen-bond acceptors (Lipinski definition) is 7. The topological polar surface area (TPSA) is 108 Å². The molecule has 0 radical (unpaired) electrons. The van der Waals surface area contributed by atoms with E-state index in [0.29, 0.717) is 22.5 Å². The molecule has 1 aliphatic rings. The van der Waals surface area contributed by atoms with Gasteiger partial charge in [0.25, 0.3) is 5.91 Å². The Hall–Kier alpha value is -4.18. The van der Waals surface area contributed by atoms with Gasteiger partial charge < -0.3 is 14.8 Å². The number of benzene rings is 2. The summed E-state index contributed by atoms with van der Waals surface area (Å²) in [6.07, 6.45) is -0.515. The Morgan fingerprint density at radius 1 is 1.06 bits per heavy atom. The molecule has 1 aliphatic heterocycles. The summed E-state index contributed by atoms with van der Waals surface area (Å²) < 4.78 is 27.4. The number of aromatic nitrogens is 4. The molecule has 10 heteroatoms. The molecule has 2 aromatic heterocycles. The molecule has 2 aromatic carbocycles. The maximum absolute atomic E-state index is 14.7. The maximum Gasteiger partial charge on any atom is 0.313 e. The number of carbonyl (C=O) groups is 2. The lowest BCUT2D eigenvalue weighted by Gasteiger charge is -2.15. The Bertz CT molecular complexity index is 1310. The minimum absolute atomic E-state index is 0.0183. The summed E-state index contributed by atoms with van der Waals surface area (Å²) in [4.78, 5) is 37.4. The number of carbonyl (C=O) groups excluding carboxylic acids is 2. The number of rotatable bonds is 6. The molecule has 1 N–H and O–H groups in total. The Morgan fingerprint density at radius 3 is 2.56 bits per heavy atom. The average Bonchev–Trinajstić information content (AvgIpc) is 3.44. The molecule has 1 saturated heterocycles. The Morgan fingerprint density at radius 2 is 1.79 bits per heavy atom. The second-order valence-corrected chi connectivity index (χ2v) is 7.74. The molecule has 3 unspecified atom stereocenters. The van der Waals surface area contributed by atoms with E-state index in [1.807, 2.05) is 6.07 Å². The first-order valence-electron chi connectivity index (χ1n) is 10.7. The third-order valence-electron chi connectivity index (χ3n) is 5.44. The number of amides is 1. The molecule has 172 valence electrons. The first-order valence-corrected chi connectivity index (χ1v) is 10.7. The van der Waals surface area contributed by atoms with Crippen molar-refractivity contribution in [3.05, 3.63) is 78.9 Å². The average molecular weight is 461 g/mol. The highest BCUT2D eigenvalue weighted by atomic mass is 19.1. The van der Waals surface area contributed by atoms with Crippen molar-refractivity contribution < 1.29 is 23.5 Å². The number of esters is 1. The smallest absolute Gasteiger partial charge is 0.313 e. The quantitative estimate of drug-likeness (QED) is 0.345. The largest absolute Gasteiger partial charge is 0.426 e. The molecule has 1 amide bonds. The van der Waals surface area contributed by atoms with Crippen LogP contribution in [-0.2, 0) is 9.53 Å². The number of anilines is 1. The lowest BCUT2D eigenvalue weighted by Crippen LogP contribution is -2.24. The third-order valence-corrected chi connectivity index (χ3v) is 5.44. The van der Waals surface area contributed by atoms with E-state index in [9.17, 15) is 14.0 Å². The summed E-state index contributed by atoms with van der Waals surface area (Å²) in [5, 5.41) is 2.73. The van der Waals surface area contributed by atoms with E-state index in [0.717, 1.165) is 0 Å². The zero-order chi connectivity index (χ0) is 23.5. The summed E-state index contributed by atoms with van der Waals surface area (Å²) in [6.45, 7) is 0. The van der Waals surface area contributed by atoms with Crippen molar-refractivity contribution in [1.29, 1.82) is 0 Å². The summed E-state index contributed by atoms with van der Waals surface area (Å²) in [6, 6.07) is 17.3. The SMILES string of the molecule is O=C(CC1OC(n2cnc3c(NC(=O)c4ccccc4)ncnc32)CC1F)Oc1ccccc1. The molecule has 4 aromatic rings. The van der Waals surface area contributed by atoms with Gasteiger partial charge in [0.15, 0.2) is 17.0 Å². The number of halogens is 1. The highest BCUT2D eigenvalue weighted by molar-refractivity contribution is 6.06. The molecule has 0 bridgehead atoms. The zero-order valence-electron chi connectivity index (χ0n) is 17.9. The molecule has 9 nitrogen and oxygen atoms in total. The van der Waals surface area contributed by atoms with Gasteiger partial charge in [-0.05, 0) is 24.3 Å². The first kappa shape index (κ1) is 21.7. The molecule has 34 heavy (non-hydrogen) atoms. The van der Waals surface area contributed by atoms with Crippen LogP contribution in [0.4, 0.5) is 10.2 Å². The number of imidazole rings is 1. The second-order valence-electron chi connectivity index (χ2n) is 7.74. The van der Waals surface area contributed by atoms with Gasteiger partial charge in [-0.25, -0.2) is 19.3 Å². The van der Waals surface area contributed by atoms with Crippen LogP contribution < -0.4 is 10.1 Å². The summed E-state index contributed by atoms with van der Waals surface area (Å²) >= 11 is 0. The fraction of sp³-hybridized carbons (Fsp3) is 0.208. The molecule has 1 fully saturated rings. The van der Waals surface area contributed by atoms with E-state index >= 15 is 0 Å². The molecule has 3 atom stereocenters. The number of alkyl halides is 1. The Balaban J connectivity index is 1.29. The minimum atomic E-state index is -1.37. The van der Waals surface area contributed by atoms with Gasteiger partial charge in [0, 0.05) is 12.0 Å². The van der Waals surface area contributed by atoms with E-state index in [-0.39, 0.29) is 24.6 Å². The number of nitrogens with zero attached hydrogens (tertiary/aromatic N) is 4. The van der Waals surface area contributed by atoms with Crippen LogP contribution in [0, 0.1) is 0 Å². The van der Waals surface area contributed by atoms with Gasteiger partial charge in [0.05, 0.1) is 12.7 Å². The monoisotopic (exact) mass is 461 g/mol. The van der Waals surface area contributed by atoms with Crippen molar-refractivity contribution in [3.63, 3.8) is 0 Å². The van der Waals surface area contributed by atoms with E-state index in [1.54, 1.807) is 59.2 Å². The third kappa shape index (κ3) is 4.48. The summed E-state index contributed by atoms with van der Waals surface area (Å²) in [5.41, 5.74) is 1.19. The number of nitrogens with one attached hydrogen (secondary N) is 1. The van der Waals surface area contributed by atoms with Gasteiger partial charge in [-0.2, -0.15) is 0 Å². The maximum atomic E-state index is 14.7. The van der Waals surface area contributed by atoms with E-state index in [4.69, 9.17) is 9.47 Å². The molecule has 3 heterocycles. The van der Waals surface area contributed by atoms with Gasteiger partial charge in [-0.3, -0.25) is 14.2 Å². The first-order chi connectivity index (χ1) is 16.6. The van der Waals surface area contributed by atoms with Gasteiger partial charge >= 0.3 is 5.97 Å². The lowest BCUT2D eigenvalue weighted by atomic mass is 10.1. The van der Waals surface area contributed by atoms with Crippen molar-refractivity contribution in [1.82, 2.24) is 19.5 Å². The van der Waals surface area contributed by atoms with Crippen LogP contribution in [0.25, 0.3) is 11.2 Å². The van der Waals surface area contributed by atoms with Crippen LogP contribution in [0.5, 0.6) is 5.75 Å². The fourth-order valence-corrected chi connectivity index (χ4v) is 3.79. The number of para-hydroxylation sites is 1. The van der Waals surface area contributed by atoms with Gasteiger partial charge in [0.1, 0.15) is 30.6 Å². The summed E-state index contributed by atoms with van der Waals surface area (Å²) in [5.74, 6) is -0.300. The number of hydrogen-bond donors (Lipinski definition) is 1. The van der Waals surface area contributed by atoms with Gasteiger partial charge in [-0.1, -0.05) is 36.4 Å². The Labute approximate surface area is 193 Å². The molecule has 5 rings (SSSR count). The van der Waals surface area contributed by atoms with E-state index in [1.165, 1.54) is 12.7 Å². The molecule has 0 saturated carbocycles. The fourth-order valence-electron chi connectivity index (χ4n) is 3.79. The van der Waals surface area contributed by atoms with Crippen molar-refractivity contribution >= 4 is 28.9 Å². The van der Waals surface area contributed by atoms with Crippen molar-refractivity contribution in [3.8, 4) is 5.75 Å². The molecule has 0 aliphatic carbocycles. The van der Waals surface area contributed by atoms with Crippen LogP contribution >= 0.6 is 0 Å². The lowest BCUT2D eigenvalue weighted by molar-refractivity contribution is -0.138. The predicted molar refractivity (Wildman–Crippen MR) is 120 cm³/mol. The van der Waals surface area contributed by atoms with Crippen molar-refractivity contribution in [2.75, 3.05) is 5.32 Å². The molecule has 0 spiro atoms. The van der Waals surface area contributed by atoms with Crippen LogP contribution in [-0.4, -0.2) is 43.7 Å². The summed E-state index contributed by atoms with van der Waals surface area (Å²) in [7, 11) is 0. The van der Waals surface area contributed by atoms with Crippen LogP contribution in [0.1, 0.15) is 29.4 Å². The second kappa shape index (κ2) is 9.36. The van der Waals surface area contributed by atoms with Crippen LogP contribution in [0.2, 0.25) is 0 Å². The number of fused-ring (bicyclic) bond motifs is 1. The molecular formula is C24H20FN5O4. The Kier molecular flexibility index (Phi) is 5.96. The van der Waals surface area contributed by atoms with E-state index in [2.05, 4.69) is 20.3 Å². The molecular weight excluding hydrogens is 441 g/mol. The standard InChI is InChI=1S/C24H20FN5O4/c25-17-11-19(34-18(17)12-20(31)33-16-9-5-2-6-10-16)30-14-28-21-22(26-13-27-23(21)30)29-24(32)15-7-3-1-4-8-15/h1-10,13-14,17-19H,11-12H2,(H,26,27,29,32). The van der Waals surface area contributed by atoms with Crippen LogP contribution in [0.3, 0.4) is 0 Å². The van der Waals surface area contributed by atoms with Crippen molar-refractivity contribution in [2.45, 2.75) is 31.3 Å². The zero-order valence-corrected chi connectivity index (χ0v) is 17.9. The van der Waals surface area contributed by atoms with Crippen molar-refractivity contribution in [2.24, 2.45) is 0 Å². The van der Waals surface area contributed by atoms with Gasteiger partial charge in [-0.15, -0.1) is 0 Å². The highest BCUT2D eigenvalue weighted by Gasteiger charge is 2.39. The predicted octanol–water partition coefficient (Wildman–Crippen LogP) is 3.70. The number of ether oxygens (including phenoxy) is 2. The highest BCUT2D eigenvalue weighted by Crippen LogP contribution is 2.35. The normalized spacial score (nSPS) is 19.7. The van der Waals surface area contributed by atoms with E-state index < -0.39 is 24.5 Å². The van der Waals surface area contributed by atoms with Gasteiger partial charge in [0.2, 0.25) is 0 Å². The van der Waals surface area contributed by atoms with Crippen LogP contribution in [0.15, 0.2) is 73.3 Å².